The molecule has 2 bridgehead atoms. The van der Waals surface area contributed by atoms with E-state index in [4.69, 9.17) is 4.74 Å². The molecule has 3 saturated heterocycles. The molecule has 3 aliphatic heterocycles. The lowest BCUT2D eigenvalue weighted by atomic mass is 10.1. The number of benzene rings is 1. The van der Waals surface area contributed by atoms with Crippen LogP contribution in [0.3, 0.4) is 0 Å². The molecule has 3 aliphatic rings. The number of morpholine rings is 1. The molecule has 0 saturated carbocycles. The van der Waals surface area contributed by atoms with Crippen LogP contribution in [-0.2, 0) is 9.53 Å². The normalized spacial score (nSPS) is 24.9. The number of thioether (sulfide) groups is 1. The molecule has 2 amide bonds. The minimum atomic E-state index is -0.428. The van der Waals surface area contributed by atoms with Gasteiger partial charge in [-0.2, -0.15) is 5.26 Å². The molecular formula is C22H23N5O3S. The van der Waals surface area contributed by atoms with Crippen molar-refractivity contribution in [3.05, 3.63) is 36.0 Å². The molecule has 8 nitrogen and oxygen atoms in total. The first-order chi connectivity index (χ1) is 15.2. The molecular weight excluding hydrogens is 414 g/mol. The second kappa shape index (κ2) is 8.36. The van der Waals surface area contributed by atoms with E-state index in [1.807, 2.05) is 12.1 Å². The number of carbonyl (C=O) groups is 2. The van der Waals surface area contributed by atoms with Crippen LogP contribution in [0.4, 0.5) is 5.69 Å². The van der Waals surface area contributed by atoms with E-state index in [1.165, 1.54) is 4.90 Å². The number of ether oxygens (including phenoxy) is 1. The SMILES string of the molecule is N#C[C@@H]1CSCN1C(=O)CNC(=O)c1ccnc2ccc(N3C4CCC3COC4)cc12. The predicted molar refractivity (Wildman–Crippen MR) is 118 cm³/mol. The van der Waals surface area contributed by atoms with E-state index in [1.54, 1.807) is 24.0 Å². The fraction of sp³-hybridized carbons (Fsp3) is 0.455. The topological polar surface area (TPSA) is 98.6 Å². The molecule has 31 heavy (non-hydrogen) atoms. The molecule has 1 aromatic carbocycles. The van der Waals surface area contributed by atoms with Crippen LogP contribution in [0.1, 0.15) is 23.2 Å². The Kier molecular flexibility index (Phi) is 5.42. The molecule has 1 N–H and O–H groups in total. The number of amides is 2. The second-order valence-electron chi connectivity index (χ2n) is 8.08. The highest BCUT2D eigenvalue weighted by Crippen LogP contribution is 2.35. The first kappa shape index (κ1) is 20.1. The van der Waals surface area contributed by atoms with Crippen molar-refractivity contribution in [1.82, 2.24) is 15.2 Å². The van der Waals surface area contributed by atoms with Gasteiger partial charge in [0.05, 0.1) is 54.9 Å². The van der Waals surface area contributed by atoms with Gasteiger partial charge in [0.1, 0.15) is 6.04 Å². The van der Waals surface area contributed by atoms with Crippen LogP contribution >= 0.6 is 11.8 Å². The maximum Gasteiger partial charge on any atom is 0.252 e. The molecule has 0 spiro atoms. The number of pyridine rings is 1. The fourth-order valence-corrected chi connectivity index (χ4v) is 5.79. The lowest BCUT2D eigenvalue weighted by Gasteiger charge is -2.36. The summed E-state index contributed by atoms with van der Waals surface area (Å²) >= 11 is 1.54. The summed E-state index contributed by atoms with van der Waals surface area (Å²) in [6.07, 6.45) is 3.84. The molecule has 4 heterocycles. The Bertz CT molecular complexity index is 1050. The lowest BCUT2D eigenvalue weighted by Crippen LogP contribution is -2.45. The molecule has 1 aromatic heterocycles. The van der Waals surface area contributed by atoms with Crippen LogP contribution in [0.2, 0.25) is 0 Å². The van der Waals surface area contributed by atoms with E-state index in [2.05, 4.69) is 27.3 Å². The number of hydrogen-bond donors (Lipinski definition) is 1. The molecule has 5 rings (SSSR count). The highest BCUT2D eigenvalue weighted by Gasteiger charge is 2.37. The molecule has 0 aliphatic carbocycles. The fourth-order valence-electron chi connectivity index (χ4n) is 4.69. The summed E-state index contributed by atoms with van der Waals surface area (Å²) in [5.74, 6) is 0.533. The monoisotopic (exact) mass is 437 g/mol. The summed E-state index contributed by atoms with van der Waals surface area (Å²) in [4.78, 5) is 33.7. The number of nitrogens with one attached hydrogen (secondary N) is 1. The van der Waals surface area contributed by atoms with Crippen molar-refractivity contribution < 1.29 is 14.3 Å². The summed E-state index contributed by atoms with van der Waals surface area (Å²) in [5.41, 5.74) is 2.31. The Morgan fingerprint density at radius 3 is 2.84 bits per heavy atom. The molecule has 3 fully saturated rings. The van der Waals surface area contributed by atoms with Gasteiger partial charge in [0.15, 0.2) is 0 Å². The van der Waals surface area contributed by atoms with Gasteiger partial charge in [-0.05, 0) is 37.1 Å². The Balaban J connectivity index is 1.36. The van der Waals surface area contributed by atoms with Gasteiger partial charge in [0, 0.05) is 23.0 Å². The number of aromatic nitrogens is 1. The number of carbonyl (C=O) groups excluding carboxylic acids is 2. The first-order valence-corrected chi connectivity index (χ1v) is 11.6. The predicted octanol–water partition coefficient (Wildman–Crippen LogP) is 1.76. The zero-order chi connectivity index (χ0) is 21.4. The number of anilines is 1. The molecule has 2 unspecified atom stereocenters. The van der Waals surface area contributed by atoms with Gasteiger partial charge in [-0.15, -0.1) is 11.8 Å². The smallest absolute Gasteiger partial charge is 0.252 e. The van der Waals surface area contributed by atoms with Crippen molar-refractivity contribution in [3.63, 3.8) is 0 Å². The van der Waals surface area contributed by atoms with Crippen LogP contribution in [0.5, 0.6) is 0 Å². The van der Waals surface area contributed by atoms with Crippen molar-refractivity contribution in [2.45, 2.75) is 31.0 Å². The number of rotatable bonds is 4. The van der Waals surface area contributed by atoms with Crippen LogP contribution in [0, 0.1) is 11.3 Å². The number of nitrogens with zero attached hydrogens (tertiary/aromatic N) is 4. The molecule has 2 aromatic rings. The average molecular weight is 438 g/mol. The Hall–Kier alpha value is -2.83. The summed E-state index contributed by atoms with van der Waals surface area (Å²) in [7, 11) is 0. The average Bonchev–Trinajstić information content (AvgIpc) is 3.38. The lowest BCUT2D eigenvalue weighted by molar-refractivity contribution is -0.129. The molecule has 9 heteroatoms. The molecule has 160 valence electrons. The highest BCUT2D eigenvalue weighted by atomic mass is 32.2. The summed E-state index contributed by atoms with van der Waals surface area (Å²) in [6, 6.07) is 10.2. The Labute approximate surface area is 184 Å². The Morgan fingerprint density at radius 1 is 1.26 bits per heavy atom. The number of nitriles is 1. The van der Waals surface area contributed by atoms with Crippen LogP contribution in [0.25, 0.3) is 10.9 Å². The van der Waals surface area contributed by atoms with Crippen molar-refractivity contribution in [2.75, 3.05) is 36.3 Å². The van der Waals surface area contributed by atoms with Gasteiger partial charge in [0.25, 0.3) is 5.91 Å². The van der Waals surface area contributed by atoms with E-state index >= 15 is 0 Å². The van der Waals surface area contributed by atoms with Crippen LogP contribution in [-0.4, -0.2) is 71.2 Å². The van der Waals surface area contributed by atoms with Gasteiger partial charge >= 0.3 is 0 Å². The third-order valence-electron chi connectivity index (χ3n) is 6.26. The highest BCUT2D eigenvalue weighted by molar-refractivity contribution is 7.99. The zero-order valence-electron chi connectivity index (χ0n) is 17.0. The standard InChI is InChI=1S/C22H23N5O3S/c23-8-17-12-31-13-26(17)21(28)9-25-22(29)18-5-6-24-20-4-3-14(7-19(18)20)27-15-1-2-16(27)11-30-10-15/h3-7,15-17H,1-2,9-13H2,(H,25,29)/t15?,16?,17-/m1/s1. The maximum absolute atomic E-state index is 12.9. The van der Waals surface area contributed by atoms with E-state index in [9.17, 15) is 14.9 Å². The number of fused-ring (bicyclic) bond motifs is 3. The van der Waals surface area contributed by atoms with Gasteiger partial charge < -0.3 is 19.9 Å². The van der Waals surface area contributed by atoms with Crippen molar-refractivity contribution in [1.29, 1.82) is 5.26 Å². The number of hydrogen-bond acceptors (Lipinski definition) is 7. The largest absolute Gasteiger partial charge is 0.377 e. The third kappa shape index (κ3) is 3.70. The van der Waals surface area contributed by atoms with E-state index < -0.39 is 6.04 Å². The first-order valence-electron chi connectivity index (χ1n) is 10.5. The van der Waals surface area contributed by atoms with Crippen LogP contribution in [0.15, 0.2) is 30.5 Å². The van der Waals surface area contributed by atoms with E-state index in [0.29, 0.717) is 29.3 Å². The molecule has 3 atom stereocenters. The van der Waals surface area contributed by atoms with E-state index in [0.717, 1.165) is 42.6 Å². The zero-order valence-corrected chi connectivity index (χ0v) is 17.8. The minimum absolute atomic E-state index is 0.130. The second-order valence-corrected chi connectivity index (χ2v) is 9.08. The van der Waals surface area contributed by atoms with Gasteiger partial charge in [-0.1, -0.05) is 0 Å². The van der Waals surface area contributed by atoms with E-state index in [-0.39, 0.29) is 18.4 Å². The van der Waals surface area contributed by atoms with Crippen molar-refractivity contribution in [2.24, 2.45) is 0 Å². The maximum atomic E-state index is 12.9. The summed E-state index contributed by atoms with van der Waals surface area (Å²) in [6.45, 7) is 1.33. The van der Waals surface area contributed by atoms with Gasteiger partial charge in [-0.25, -0.2) is 0 Å². The quantitative estimate of drug-likeness (QED) is 0.778. The van der Waals surface area contributed by atoms with Gasteiger partial charge in [-0.3, -0.25) is 14.6 Å². The molecule has 0 radical (unpaired) electrons. The Morgan fingerprint density at radius 2 is 2.06 bits per heavy atom. The summed E-state index contributed by atoms with van der Waals surface area (Å²) < 4.78 is 5.69. The minimum Gasteiger partial charge on any atom is -0.377 e. The summed E-state index contributed by atoms with van der Waals surface area (Å²) in [5, 5.41) is 12.7. The van der Waals surface area contributed by atoms with Crippen LogP contribution < -0.4 is 10.2 Å². The third-order valence-corrected chi connectivity index (χ3v) is 7.27. The van der Waals surface area contributed by atoms with Crippen molar-refractivity contribution in [3.8, 4) is 6.07 Å². The van der Waals surface area contributed by atoms with Crippen molar-refractivity contribution >= 4 is 40.2 Å². The van der Waals surface area contributed by atoms with Gasteiger partial charge in [0.2, 0.25) is 5.91 Å².